The highest BCUT2D eigenvalue weighted by molar-refractivity contribution is 7.94. The summed E-state index contributed by atoms with van der Waals surface area (Å²) in [5.74, 6) is 0. The Balaban J connectivity index is 0. The van der Waals surface area contributed by atoms with E-state index in [9.17, 15) is 16.8 Å². The van der Waals surface area contributed by atoms with Crippen molar-refractivity contribution in [2.24, 2.45) is 0 Å². The van der Waals surface area contributed by atoms with E-state index in [1.165, 1.54) is 0 Å². The van der Waals surface area contributed by atoms with Crippen LogP contribution in [0.4, 0.5) is 0 Å². The lowest BCUT2D eigenvalue weighted by Gasteiger charge is -1.89. The highest BCUT2D eigenvalue weighted by Crippen LogP contribution is 1.91. The molecule has 0 bridgehead atoms. The monoisotopic (exact) mass is 238 g/mol. The van der Waals surface area contributed by atoms with E-state index in [2.05, 4.69) is 3.63 Å². The van der Waals surface area contributed by atoms with Gasteiger partial charge in [0.1, 0.15) is 12.5 Å². The second-order valence-electron chi connectivity index (χ2n) is 1.22. The van der Waals surface area contributed by atoms with Crippen molar-refractivity contribution in [1.82, 2.24) is 0 Å². The molecule has 0 amide bonds. The first-order valence-electron chi connectivity index (χ1n) is 2.21. The van der Waals surface area contributed by atoms with Crippen LogP contribution in [0.25, 0.3) is 0 Å². The highest BCUT2D eigenvalue weighted by Gasteiger charge is 2.15. The van der Waals surface area contributed by atoms with Crippen molar-refractivity contribution in [2.75, 3.05) is 0 Å². The van der Waals surface area contributed by atoms with Crippen LogP contribution in [0.15, 0.2) is 12.5 Å². The normalized spacial score (nSPS) is 12.2. The lowest BCUT2D eigenvalue weighted by Crippen LogP contribution is -2.10. The maximum atomic E-state index is 9.44. The average molecular weight is 238 g/mol. The Bertz CT molecular complexity index is 298. The molecular weight excluding hydrogens is 232 g/mol. The summed E-state index contributed by atoms with van der Waals surface area (Å²) in [4.78, 5) is 0. The van der Waals surface area contributed by atoms with Gasteiger partial charge in [0.25, 0.3) is 0 Å². The van der Waals surface area contributed by atoms with Crippen LogP contribution in [0.5, 0.6) is 0 Å². The van der Waals surface area contributed by atoms with Crippen LogP contribution < -0.4 is 0 Å². The van der Waals surface area contributed by atoms with Gasteiger partial charge in [0.15, 0.2) is 0 Å². The van der Waals surface area contributed by atoms with E-state index < -0.39 is 20.8 Å². The van der Waals surface area contributed by atoms with Gasteiger partial charge in [-0.15, -0.1) is 3.63 Å². The Labute approximate surface area is 73.8 Å². The van der Waals surface area contributed by atoms with E-state index in [4.69, 9.17) is 19.3 Å². The predicted octanol–water partition coefficient (Wildman–Crippen LogP) is -0.818. The van der Waals surface area contributed by atoms with Gasteiger partial charge < -0.3 is 10.2 Å². The van der Waals surface area contributed by atoms with Gasteiger partial charge >= 0.3 is 20.8 Å². The summed E-state index contributed by atoms with van der Waals surface area (Å²) in [7, 11) is -10.2. The molecule has 0 rings (SSSR count). The van der Waals surface area contributed by atoms with E-state index >= 15 is 0 Å². The minimum absolute atomic E-state index is 0.556. The number of aliphatic hydroxyl groups excluding tert-OH is 2. The van der Waals surface area contributed by atoms with Crippen molar-refractivity contribution in [3.8, 4) is 0 Å². The van der Waals surface area contributed by atoms with E-state index in [-0.39, 0.29) is 0 Å². The summed E-state index contributed by atoms with van der Waals surface area (Å²) in [6.45, 7) is 0. The molecule has 0 aliphatic heterocycles. The number of aliphatic hydroxyl groups is 2. The summed E-state index contributed by atoms with van der Waals surface area (Å²) >= 11 is 0. The third-order valence-corrected chi connectivity index (χ3v) is 1.61. The van der Waals surface area contributed by atoms with Gasteiger partial charge in [-0.25, -0.2) is 0 Å². The van der Waals surface area contributed by atoms with Crippen LogP contribution in [0.1, 0.15) is 0 Å². The smallest absolute Gasteiger partial charge is 0.413 e. The molecule has 11 heteroatoms. The molecule has 0 radical (unpaired) electrons. The number of hydrogen-bond acceptors (Lipinski definition) is 7. The zero-order valence-corrected chi connectivity index (χ0v) is 7.43. The van der Waals surface area contributed by atoms with Crippen LogP contribution in [-0.2, 0) is 24.4 Å². The van der Waals surface area contributed by atoms with E-state index in [1.807, 2.05) is 0 Å². The molecule has 0 unspecified atom stereocenters. The second-order valence-corrected chi connectivity index (χ2v) is 3.48. The first-order valence-corrected chi connectivity index (χ1v) is 4.95. The Morgan fingerprint density at radius 2 is 1.08 bits per heavy atom. The highest BCUT2D eigenvalue weighted by atomic mass is 32.3. The molecule has 0 fully saturated rings. The maximum absolute atomic E-state index is 9.44. The van der Waals surface area contributed by atoms with Gasteiger partial charge in [0.05, 0.1) is 0 Å². The van der Waals surface area contributed by atoms with Crippen LogP contribution in [0.3, 0.4) is 0 Å². The van der Waals surface area contributed by atoms with Crippen LogP contribution in [-0.4, -0.2) is 36.2 Å². The van der Waals surface area contributed by atoms with Gasteiger partial charge in [0.2, 0.25) is 0 Å². The van der Waals surface area contributed by atoms with Crippen LogP contribution in [0.2, 0.25) is 0 Å². The molecule has 0 saturated carbocycles. The maximum Gasteiger partial charge on any atom is 0.413 e. The lowest BCUT2D eigenvalue weighted by molar-refractivity contribution is 0.344. The molecule has 9 nitrogen and oxygen atoms in total. The average Bonchev–Trinajstić information content (AvgIpc) is 1.80. The molecule has 0 saturated heterocycles. The van der Waals surface area contributed by atoms with Crippen molar-refractivity contribution >= 4 is 20.8 Å². The standard InChI is InChI=1S/C2H4O2.H2O7S2/c3-1-2-4;1-8(2,3)7-9(4,5)6/h1-4H;(H,1,2,3)(H,4,5,6). The van der Waals surface area contributed by atoms with E-state index in [0.717, 1.165) is 0 Å². The Kier molecular flexibility index (Phi) is 6.43. The van der Waals surface area contributed by atoms with Gasteiger partial charge in [0, 0.05) is 0 Å². The first-order chi connectivity index (χ1) is 5.62. The predicted molar refractivity (Wildman–Crippen MR) is 38.6 cm³/mol. The third-order valence-electron chi connectivity index (χ3n) is 0.239. The van der Waals surface area contributed by atoms with Crippen molar-refractivity contribution in [1.29, 1.82) is 0 Å². The SMILES string of the molecule is O=S(=O)(O)OS(=O)(=O)O.OC=CO. The zero-order valence-electron chi connectivity index (χ0n) is 5.80. The summed E-state index contributed by atoms with van der Waals surface area (Å²) < 4.78 is 55.6. The zero-order chi connectivity index (χ0) is 11.1. The second kappa shape index (κ2) is 5.71. The molecule has 0 aromatic heterocycles. The fraction of sp³-hybridized carbons (Fsp3) is 0. The van der Waals surface area contributed by atoms with Crippen LogP contribution >= 0.6 is 0 Å². The number of rotatable bonds is 2. The van der Waals surface area contributed by atoms with Gasteiger partial charge in [-0.05, 0) is 0 Å². The molecule has 0 atom stereocenters. The Hall–Kier alpha value is -0.880. The fourth-order valence-electron chi connectivity index (χ4n) is 0.109. The summed E-state index contributed by atoms with van der Waals surface area (Å²) in [5, 5.41) is 14.9. The topological polar surface area (TPSA) is 158 Å². The van der Waals surface area contributed by atoms with Crippen LogP contribution in [0, 0.1) is 0 Å². The summed E-state index contributed by atoms with van der Waals surface area (Å²) in [6.07, 6.45) is 1.11. The Morgan fingerprint density at radius 1 is 0.846 bits per heavy atom. The molecule has 0 aliphatic carbocycles. The molecule has 13 heavy (non-hydrogen) atoms. The minimum Gasteiger partial charge on any atom is -0.512 e. The molecule has 80 valence electrons. The van der Waals surface area contributed by atoms with Crippen molar-refractivity contribution in [3.05, 3.63) is 12.5 Å². The van der Waals surface area contributed by atoms with Gasteiger partial charge in [-0.1, -0.05) is 0 Å². The molecule has 0 aliphatic rings. The fourth-order valence-corrected chi connectivity index (χ4v) is 0.978. The number of hydrogen-bond donors (Lipinski definition) is 4. The van der Waals surface area contributed by atoms with Gasteiger partial charge in [-0.3, -0.25) is 9.11 Å². The Morgan fingerprint density at radius 3 is 1.08 bits per heavy atom. The summed E-state index contributed by atoms with van der Waals surface area (Å²) in [6, 6.07) is 0. The molecule has 0 aromatic rings. The van der Waals surface area contributed by atoms with Crippen molar-refractivity contribution < 1.29 is 39.8 Å². The third kappa shape index (κ3) is 24.7. The van der Waals surface area contributed by atoms with Gasteiger partial charge in [-0.2, -0.15) is 16.8 Å². The van der Waals surface area contributed by atoms with Crippen molar-refractivity contribution in [3.63, 3.8) is 0 Å². The first kappa shape index (κ1) is 14.6. The summed E-state index contributed by atoms with van der Waals surface area (Å²) in [5.41, 5.74) is 0. The van der Waals surface area contributed by atoms with E-state index in [1.54, 1.807) is 0 Å². The lowest BCUT2D eigenvalue weighted by atomic mass is 11.1. The molecular formula is C2H6O9S2. The van der Waals surface area contributed by atoms with E-state index in [0.29, 0.717) is 12.5 Å². The molecule has 0 spiro atoms. The molecule has 0 heterocycles. The van der Waals surface area contributed by atoms with Crippen molar-refractivity contribution in [2.45, 2.75) is 0 Å². The quantitative estimate of drug-likeness (QED) is 0.356. The molecule has 4 N–H and O–H groups in total. The minimum atomic E-state index is -5.12. The molecule has 0 aromatic carbocycles. The largest absolute Gasteiger partial charge is 0.512 e.